The number of hydrogen-bond donors (Lipinski definition) is 1. The summed E-state index contributed by atoms with van der Waals surface area (Å²) in [7, 11) is 4.99. The zero-order chi connectivity index (χ0) is 20.8. The molecule has 3 rings (SSSR count). The van der Waals surface area contributed by atoms with E-state index in [-0.39, 0.29) is 22.8 Å². The molecule has 0 bridgehead atoms. The number of hydrogen-bond acceptors (Lipinski definition) is 10. The fourth-order valence-corrected chi connectivity index (χ4v) is 3.49. The first-order valence-electron chi connectivity index (χ1n) is 9.52. The molecule has 0 saturated carbocycles. The highest BCUT2D eigenvalue weighted by Crippen LogP contribution is 2.32. The van der Waals surface area contributed by atoms with Gasteiger partial charge in [0.1, 0.15) is 5.52 Å². The van der Waals surface area contributed by atoms with Gasteiger partial charge in [-0.3, -0.25) is 0 Å². The number of methoxy groups -OCH3 is 3. The van der Waals surface area contributed by atoms with E-state index in [2.05, 4.69) is 24.8 Å². The summed E-state index contributed by atoms with van der Waals surface area (Å²) < 4.78 is 15.8. The van der Waals surface area contributed by atoms with Crippen molar-refractivity contribution in [1.82, 2.24) is 19.9 Å². The van der Waals surface area contributed by atoms with E-state index in [1.165, 1.54) is 0 Å². The molecule has 1 aliphatic rings. The number of halogens is 1. The van der Waals surface area contributed by atoms with Crippen molar-refractivity contribution >= 4 is 34.4 Å². The molecule has 1 N–H and O–H groups in total. The van der Waals surface area contributed by atoms with E-state index in [0.717, 1.165) is 25.9 Å². The van der Waals surface area contributed by atoms with Crippen molar-refractivity contribution in [3.63, 3.8) is 0 Å². The van der Waals surface area contributed by atoms with Crippen LogP contribution in [0.25, 0.3) is 11.0 Å². The third-order valence-electron chi connectivity index (χ3n) is 4.96. The number of piperidine rings is 1. The van der Waals surface area contributed by atoms with E-state index in [1.807, 2.05) is 4.90 Å². The van der Waals surface area contributed by atoms with Crippen LogP contribution in [0.15, 0.2) is 0 Å². The van der Waals surface area contributed by atoms with Gasteiger partial charge < -0.3 is 29.1 Å². The zero-order valence-electron chi connectivity index (χ0n) is 17.0. The second-order valence-electron chi connectivity index (χ2n) is 6.76. The molecule has 160 valence electrons. The first-order chi connectivity index (χ1) is 14.1. The molecule has 0 unspecified atom stereocenters. The molecule has 2 aromatic rings. The Morgan fingerprint density at radius 2 is 1.66 bits per heavy atom. The minimum absolute atomic E-state index is 0.0450. The van der Waals surface area contributed by atoms with Crippen LogP contribution in [0.5, 0.6) is 5.88 Å². The van der Waals surface area contributed by atoms with Gasteiger partial charge in [-0.1, -0.05) is 0 Å². The zero-order valence-corrected chi connectivity index (χ0v) is 17.7. The topological polar surface area (TPSA) is 106 Å². The van der Waals surface area contributed by atoms with Gasteiger partial charge in [0.25, 0.3) is 0 Å². The molecule has 0 radical (unpaired) electrons. The van der Waals surface area contributed by atoms with E-state index in [9.17, 15) is 5.11 Å². The van der Waals surface area contributed by atoms with Crippen molar-refractivity contribution < 1.29 is 19.3 Å². The maximum Gasteiger partial charge on any atom is 0.243 e. The highest BCUT2D eigenvalue weighted by atomic mass is 35.5. The Morgan fingerprint density at radius 1 is 1.00 bits per heavy atom. The maximum absolute atomic E-state index is 10.6. The summed E-state index contributed by atoms with van der Waals surface area (Å²) in [6.07, 6.45) is 1.97. The van der Waals surface area contributed by atoms with Crippen molar-refractivity contribution in [2.45, 2.75) is 18.9 Å². The maximum atomic E-state index is 10.6. The molecule has 3 heterocycles. The predicted octanol–water partition coefficient (Wildman–Crippen LogP) is 1.49. The summed E-state index contributed by atoms with van der Waals surface area (Å²) in [6.45, 7) is 3.57. The Morgan fingerprint density at radius 3 is 2.24 bits per heavy atom. The second kappa shape index (κ2) is 10.1. The van der Waals surface area contributed by atoms with Crippen molar-refractivity contribution in [3.05, 3.63) is 5.28 Å². The van der Waals surface area contributed by atoms with Crippen LogP contribution in [0.3, 0.4) is 0 Å². The average Bonchev–Trinajstić information content (AvgIpc) is 2.74. The molecule has 0 aliphatic carbocycles. The molecule has 2 aromatic heterocycles. The molecule has 1 fully saturated rings. The van der Waals surface area contributed by atoms with E-state index < -0.39 is 0 Å². The molecule has 0 amide bonds. The summed E-state index contributed by atoms with van der Waals surface area (Å²) in [5.74, 6) is 0.720. The number of anilines is 2. The Labute approximate surface area is 174 Å². The van der Waals surface area contributed by atoms with Crippen LogP contribution in [-0.2, 0) is 14.2 Å². The van der Waals surface area contributed by atoms with Crippen molar-refractivity contribution in [3.8, 4) is 5.88 Å². The molecule has 0 aromatic carbocycles. The molecule has 0 atom stereocenters. The monoisotopic (exact) mass is 426 g/mol. The summed E-state index contributed by atoms with van der Waals surface area (Å²) in [5.41, 5.74) is 0.698. The van der Waals surface area contributed by atoms with E-state index in [0.29, 0.717) is 43.6 Å². The lowest BCUT2D eigenvalue weighted by Crippen LogP contribution is -2.37. The second-order valence-corrected chi connectivity index (χ2v) is 7.09. The van der Waals surface area contributed by atoms with Crippen LogP contribution >= 0.6 is 11.6 Å². The van der Waals surface area contributed by atoms with Gasteiger partial charge in [0.2, 0.25) is 17.1 Å². The Bertz CT molecular complexity index is 811. The highest BCUT2D eigenvalue weighted by molar-refractivity contribution is 6.28. The van der Waals surface area contributed by atoms with Crippen molar-refractivity contribution in [2.24, 2.45) is 0 Å². The van der Waals surface area contributed by atoms with Crippen LogP contribution in [0.2, 0.25) is 5.28 Å². The molecule has 1 aliphatic heterocycles. The third-order valence-corrected chi connectivity index (χ3v) is 5.13. The number of rotatable bonds is 9. The molecule has 0 spiro atoms. The normalized spacial score (nSPS) is 15.2. The minimum Gasteiger partial charge on any atom is -0.492 e. The third kappa shape index (κ3) is 5.13. The van der Waals surface area contributed by atoms with Gasteiger partial charge in [-0.2, -0.15) is 9.97 Å². The number of fused-ring (bicyclic) bond motifs is 1. The lowest BCUT2D eigenvalue weighted by Gasteiger charge is -2.32. The molecule has 1 saturated heterocycles. The average molecular weight is 427 g/mol. The fraction of sp³-hybridized carbons (Fsp3) is 0.667. The molecular weight excluding hydrogens is 400 g/mol. The quantitative estimate of drug-likeness (QED) is 0.592. The molecule has 11 heteroatoms. The first-order valence-corrected chi connectivity index (χ1v) is 9.90. The standard InChI is InChI=1S/C18H27ClN6O4/c1-27-10-8-25(9-11-28-2)18-21-13-14(16(26)23-18)20-17(19)22-15(13)24-6-4-12(29-3)5-7-24/h12H,4-11H2,1-3H3,(H,21,23,26). The van der Waals surface area contributed by atoms with E-state index >= 15 is 0 Å². The van der Waals surface area contributed by atoms with Crippen molar-refractivity contribution in [1.29, 1.82) is 0 Å². The number of aromatic hydroxyl groups is 1. The highest BCUT2D eigenvalue weighted by Gasteiger charge is 2.25. The summed E-state index contributed by atoms with van der Waals surface area (Å²) >= 11 is 6.13. The Balaban J connectivity index is 2.00. The lowest BCUT2D eigenvalue weighted by molar-refractivity contribution is 0.0818. The van der Waals surface area contributed by atoms with Crippen LogP contribution in [0.1, 0.15) is 12.8 Å². The molecule has 10 nitrogen and oxygen atoms in total. The largest absolute Gasteiger partial charge is 0.492 e. The number of aromatic nitrogens is 4. The summed E-state index contributed by atoms with van der Waals surface area (Å²) in [5, 5.41) is 10.6. The van der Waals surface area contributed by atoms with Gasteiger partial charge >= 0.3 is 0 Å². The van der Waals surface area contributed by atoms with Crippen LogP contribution in [-0.4, -0.2) is 91.9 Å². The van der Waals surface area contributed by atoms with Gasteiger partial charge in [0.05, 0.1) is 19.3 Å². The smallest absolute Gasteiger partial charge is 0.243 e. The first kappa shape index (κ1) is 21.7. The summed E-state index contributed by atoms with van der Waals surface area (Å²) in [6, 6.07) is 0. The van der Waals surface area contributed by atoms with Gasteiger partial charge in [0.15, 0.2) is 11.3 Å². The Kier molecular flexibility index (Phi) is 7.59. The van der Waals surface area contributed by atoms with Crippen LogP contribution < -0.4 is 9.80 Å². The molecule has 29 heavy (non-hydrogen) atoms. The lowest BCUT2D eigenvalue weighted by atomic mass is 10.1. The van der Waals surface area contributed by atoms with Gasteiger partial charge in [-0.05, 0) is 24.4 Å². The van der Waals surface area contributed by atoms with E-state index in [1.54, 1.807) is 21.3 Å². The van der Waals surface area contributed by atoms with Crippen LogP contribution in [0.4, 0.5) is 11.8 Å². The summed E-state index contributed by atoms with van der Waals surface area (Å²) in [4.78, 5) is 21.5. The van der Waals surface area contributed by atoms with Gasteiger partial charge in [-0.15, -0.1) is 0 Å². The van der Waals surface area contributed by atoms with E-state index in [4.69, 9.17) is 25.8 Å². The number of nitrogens with zero attached hydrogens (tertiary/aromatic N) is 6. The SMILES string of the molecule is COCCN(CCOC)c1nc(O)c2nc(Cl)nc(N3CCC(OC)CC3)c2n1. The molecular formula is C18H27ClN6O4. The van der Waals surface area contributed by atoms with Crippen LogP contribution in [0, 0.1) is 0 Å². The Hall–Kier alpha value is -2.01. The fourth-order valence-electron chi connectivity index (χ4n) is 3.33. The van der Waals surface area contributed by atoms with Crippen molar-refractivity contribution in [2.75, 3.05) is 70.5 Å². The predicted molar refractivity (Wildman–Crippen MR) is 110 cm³/mol. The minimum atomic E-state index is -0.234. The number of ether oxygens (including phenoxy) is 3. The van der Waals surface area contributed by atoms with Gasteiger partial charge in [0, 0.05) is 47.5 Å². The van der Waals surface area contributed by atoms with Gasteiger partial charge in [-0.25, -0.2) is 9.97 Å².